The molecule has 1 aliphatic rings. The molecule has 0 fully saturated rings. The Kier molecular flexibility index (Phi) is 4.66. The molecule has 0 spiro atoms. The van der Waals surface area contributed by atoms with E-state index in [9.17, 15) is 4.79 Å². The van der Waals surface area contributed by atoms with Crippen molar-refractivity contribution >= 4 is 12.0 Å². The number of carbonyl (C=O) groups excluding carboxylic acids is 1. The van der Waals surface area contributed by atoms with Crippen LogP contribution in [0.5, 0.6) is 0 Å². The second-order valence-corrected chi connectivity index (χ2v) is 6.20. The number of amides is 1. The molecule has 0 radical (unpaired) electrons. The fourth-order valence-electron chi connectivity index (χ4n) is 3.52. The van der Waals surface area contributed by atoms with Crippen LogP contribution in [-0.4, -0.2) is 17.4 Å². The molecule has 0 N–H and O–H groups in total. The number of nitrogens with zero attached hydrogens (tertiary/aromatic N) is 1. The van der Waals surface area contributed by atoms with Gasteiger partial charge >= 0.3 is 0 Å². The van der Waals surface area contributed by atoms with Crippen LogP contribution >= 0.6 is 0 Å². The lowest BCUT2D eigenvalue weighted by molar-refractivity contribution is -0.127. The molecule has 0 aromatic heterocycles. The lowest BCUT2D eigenvalue weighted by atomic mass is 9.82. The highest BCUT2D eigenvalue weighted by Crippen LogP contribution is 2.36. The van der Waals surface area contributed by atoms with Crippen molar-refractivity contribution in [3.05, 3.63) is 89.5 Å². The summed E-state index contributed by atoms with van der Waals surface area (Å²) in [5.74, 6) is 0.154. The standard InChI is InChI=1S/C22H23NO/c1-4-16-11-12-20-18(13-16)14-23(22(24)6-3)15-21(20)19-10-8-7-9-17(19)5-2/h5-13,21H,2-4,14-15H2,1H3/t21-/m0/s1. The highest BCUT2D eigenvalue weighted by Gasteiger charge is 2.29. The average Bonchev–Trinajstić information content (AvgIpc) is 2.65. The van der Waals surface area contributed by atoms with E-state index in [1.54, 1.807) is 0 Å². The van der Waals surface area contributed by atoms with E-state index in [2.05, 4.69) is 56.5 Å². The lowest BCUT2D eigenvalue weighted by Crippen LogP contribution is -2.37. The van der Waals surface area contributed by atoms with E-state index in [0.29, 0.717) is 13.1 Å². The van der Waals surface area contributed by atoms with Gasteiger partial charge in [0, 0.05) is 19.0 Å². The highest BCUT2D eigenvalue weighted by atomic mass is 16.2. The second kappa shape index (κ2) is 6.88. The van der Waals surface area contributed by atoms with Crippen LogP contribution in [0.15, 0.2) is 61.7 Å². The monoisotopic (exact) mass is 317 g/mol. The minimum Gasteiger partial charge on any atom is -0.334 e. The van der Waals surface area contributed by atoms with Gasteiger partial charge < -0.3 is 4.90 Å². The SMILES string of the molecule is C=CC(=O)N1Cc2cc(CC)ccc2[C@H](c2ccccc2C=C)C1. The summed E-state index contributed by atoms with van der Waals surface area (Å²) in [7, 11) is 0. The Hall–Kier alpha value is -2.61. The number of carbonyl (C=O) groups is 1. The van der Waals surface area contributed by atoms with E-state index in [-0.39, 0.29) is 11.8 Å². The Balaban J connectivity index is 2.12. The summed E-state index contributed by atoms with van der Waals surface area (Å²) in [5, 5.41) is 0. The Bertz CT molecular complexity index is 790. The average molecular weight is 317 g/mol. The van der Waals surface area contributed by atoms with Crippen molar-refractivity contribution in [2.24, 2.45) is 0 Å². The Labute approximate surface area is 144 Å². The maximum absolute atomic E-state index is 12.3. The largest absolute Gasteiger partial charge is 0.334 e. The predicted molar refractivity (Wildman–Crippen MR) is 99.8 cm³/mol. The van der Waals surface area contributed by atoms with Crippen molar-refractivity contribution in [2.45, 2.75) is 25.8 Å². The third-order valence-electron chi connectivity index (χ3n) is 4.83. The first-order valence-corrected chi connectivity index (χ1v) is 8.42. The van der Waals surface area contributed by atoms with Crippen molar-refractivity contribution in [1.82, 2.24) is 4.90 Å². The van der Waals surface area contributed by atoms with Crippen molar-refractivity contribution in [3.63, 3.8) is 0 Å². The fraction of sp³-hybridized carbons (Fsp3) is 0.227. The molecule has 1 aliphatic heterocycles. The predicted octanol–water partition coefficient (Wildman–Crippen LogP) is 4.55. The summed E-state index contributed by atoms with van der Waals surface area (Å²) in [4.78, 5) is 14.1. The Morgan fingerprint density at radius 3 is 2.71 bits per heavy atom. The molecular formula is C22H23NO. The molecule has 0 bridgehead atoms. The molecule has 2 aromatic carbocycles. The van der Waals surface area contributed by atoms with Gasteiger partial charge in [0.25, 0.3) is 0 Å². The van der Waals surface area contributed by atoms with Crippen molar-refractivity contribution in [3.8, 4) is 0 Å². The van der Waals surface area contributed by atoms with Gasteiger partial charge in [-0.2, -0.15) is 0 Å². The molecule has 1 atom stereocenters. The van der Waals surface area contributed by atoms with Gasteiger partial charge in [0.1, 0.15) is 0 Å². The number of fused-ring (bicyclic) bond motifs is 1. The van der Waals surface area contributed by atoms with Crippen LogP contribution in [0, 0.1) is 0 Å². The van der Waals surface area contributed by atoms with Gasteiger partial charge in [0.05, 0.1) is 0 Å². The molecule has 0 saturated heterocycles. The van der Waals surface area contributed by atoms with E-state index in [0.717, 1.165) is 12.0 Å². The van der Waals surface area contributed by atoms with E-state index in [1.165, 1.54) is 28.3 Å². The van der Waals surface area contributed by atoms with Crippen LogP contribution in [0.3, 0.4) is 0 Å². The Morgan fingerprint density at radius 1 is 1.21 bits per heavy atom. The molecule has 1 heterocycles. The molecule has 3 rings (SSSR count). The maximum atomic E-state index is 12.3. The molecule has 0 saturated carbocycles. The maximum Gasteiger partial charge on any atom is 0.246 e. The summed E-state index contributed by atoms with van der Waals surface area (Å²) in [6.45, 7) is 11.1. The zero-order valence-electron chi connectivity index (χ0n) is 14.2. The van der Waals surface area contributed by atoms with E-state index in [1.807, 2.05) is 17.0 Å². The summed E-state index contributed by atoms with van der Waals surface area (Å²) >= 11 is 0. The molecule has 0 aliphatic carbocycles. The minimum atomic E-state index is -0.0105. The van der Waals surface area contributed by atoms with Gasteiger partial charge in [-0.25, -0.2) is 0 Å². The number of benzene rings is 2. The van der Waals surface area contributed by atoms with Crippen molar-refractivity contribution in [1.29, 1.82) is 0 Å². The third-order valence-corrected chi connectivity index (χ3v) is 4.83. The van der Waals surface area contributed by atoms with Crippen molar-refractivity contribution < 1.29 is 4.79 Å². The smallest absolute Gasteiger partial charge is 0.246 e. The summed E-state index contributed by atoms with van der Waals surface area (Å²) in [5.41, 5.74) is 6.20. The first kappa shape index (κ1) is 16.3. The quantitative estimate of drug-likeness (QED) is 0.757. The van der Waals surface area contributed by atoms with E-state index < -0.39 is 0 Å². The molecule has 2 nitrogen and oxygen atoms in total. The Morgan fingerprint density at radius 2 is 2.00 bits per heavy atom. The summed E-state index contributed by atoms with van der Waals surface area (Å²) < 4.78 is 0. The van der Waals surface area contributed by atoms with Gasteiger partial charge in [-0.3, -0.25) is 4.79 Å². The van der Waals surface area contributed by atoms with Gasteiger partial charge in [-0.05, 0) is 40.3 Å². The zero-order valence-corrected chi connectivity index (χ0v) is 14.2. The number of hydrogen-bond donors (Lipinski definition) is 0. The van der Waals surface area contributed by atoms with Gasteiger partial charge in [0.15, 0.2) is 0 Å². The van der Waals surface area contributed by atoms with Crippen LogP contribution < -0.4 is 0 Å². The van der Waals surface area contributed by atoms with Gasteiger partial charge in [-0.15, -0.1) is 0 Å². The number of rotatable bonds is 4. The minimum absolute atomic E-state index is 0.0105. The van der Waals surface area contributed by atoms with E-state index >= 15 is 0 Å². The summed E-state index contributed by atoms with van der Waals surface area (Å²) in [6.07, 6.45) is 4.30. The summed E-state index contributed by atoms with van der Waals surface area (Å²) in [6, 6.07) is 15.0. The van der Waals surface area contributed by atoms with Crippen molar-refractivity contribution in [2.75, 3.05) is 6.54 Å². The van der Waals surface area contributed by atoms with Crippen LogP contribution in [0.4, 0.5) is 0 Å². The first-order valence-electron chi connectivity index (χ1n) is 8.42. The van der Waals surface area contributed by atoms with Gasteiger partial charge in [-0.1, -0.05) is 68.6 Å². The number of aryl methyl sites for hydroxylation is 1. The molecular weight excluding hydrogens is 294 g/mol. The second-order valence-electron chi connectivity index (χ2n) is 6.20. The zero-order chi connectivity index (χ0) is 17.1. The van der Waals surface area contributed by atoms with Crippen LogP contribution in [0.1, 0.15) is 40.7 Å². The third kappa shape index (κ3) is 2.92. The molecule has 2 aromatic rings. The van der Waals surface area contributed by atoms with E-state index in [4.69, 9.17) is 0 Å². The van der Waals surface area contributed by atoms with Crippen LogP contribution in [0.25, 0.3) is 6.08 Å². The molecule has 2 heteroatoms. The van der Waals surface area contributed by atoms with Crippen LogP contribution in [0.2, 0.25) is 0 Å². The normalized spacial score (nSPS) is 16.4. The molecule has 0 unspecified atom stereocenters. The lowest BCUT2D eigenvalue weighted by Gasteiger charge is -2.35. The fourth-order valence-corrected chi connectivity index (χ4v) is 3.52. The van der Waals surface area contributed by atoms with Crippen LogP contribution in [-0.2, 0) is 17.8 Å². The molecule has 1 amide bonds. The highest BCUT2D eigenvalue weighted by molar-refractivity contribution is 5.87. The molecule has 122 valence electrons. The first-order chi connectivity index (χ1) is 11.7. The topological polar surface area (TPSA) is 20.3 Å². The number of hydrogen-bond acceptors (Lipinski definition) is 1. The van der Waals surface area contributed by atoms with Gasteiger partial charge in [0.2, 0.25) is 5.91 Å². The molecule has 24 heavy (non-hydrogen) atoms.